The summed E-state index contributed by atoms with van der Waals surface area (Å²) >= 11 is 0. The number of hydrogen-bond donors (Lipinski definition) is 3. The van der Waals surface area contributed by atoms with E-state index in [9.17, 15) is 9.59 Å². The van der Waals surface area contributed by atoms with Crippen molar-refractivity contribution < 1.29 is 19.2 Å². The van der Waals surface area contributed by atoms with Gasteiger partial charge in [0.25, 0.3) is 0 Å². The highest BCUT2D eigenvalue weighted by Gasteiger charge is 2.25. The second-order valence-electron chi connectivity index (χ2n) is 5.15. The number of aryl methyl sites for hydroxylation is 1. The molecule has 0 spiro atoms. The van der Waals surface area contributed by atoms with E-state index in [0.29, 0.717) is 24.4 Å². The molecule has 3 N–H and O–H groups in total. The van der Waals surface area contributed by atoms with Crippen LogP contribution in [0.15, 0.2) is 10.6 Å². The quantitative estimate of drug-likeness (QED) is 0.748. The Bertz CT molecular complexity index is 478. The third-order valence-electron chi connectivity index (χ3n) is 3.52. The van der Waals surface area contributed by atoms with Gasteiger partial charge in [-0.15, -0.1) is 0 Å². The van der Waals surface area contributed by atoms with Crippen LogP contribution < -0.4 is 10.6 Å². The van der Waals surface area contributed by atoms with Crippen molar-refractivity contribution in [3.63, 3.8) is 0 Å². The molecule has 1 heterocycles. The zero-order valence-corrected chi connectivity index (χ0v) is 11.4. The van der Waals surface area contributed by atoms with E-state index in [1.807, 2.05) is 0 Å². The van der Waals surface area contributed by atoms with Crippen molar-refractivity contribution in [2.75, 3.05) is 11.9 Å². The summed E-state index contributed by atoms with van der Waals surface area (Å²) in [5, 5.41) is 18.3. The number of anilines is 1. The topological polar surface area (TPSA) is 104 Å². The van der Waals surface area contributed by atoms with Gasteiger partial charge in [0, 0.05) is 12.1 Å². The van der Waals surface area contributed by atoms with Crippen LogP contribution in [0.5, 0.6) is 0 Å². The van der Waals surface area contributed by atoms with Gasteiger partial charge < -0.3 is 14.9 Å². The van der Waals surface area contributed by atoms with Crippen molar-refractivity contribution >= 4 is 17.8 Å². The number of carboxylic acid groups (broad SMARTS) is 1. The lowest BCUT2D eigenvalue weighted by atomic mass is 9.86. The molecule has 7 heteroatoms. The molecule has 1 aromatic heterocycles. The SMILES string of the molecule is Cc1cc(NC(=O)CNC2CCC(C(=O)O)CC2)on1. The predicted molar refractivity (Wildman–Crippen MR) is 71.3 cm³/mol. The predicted octanol–water partition coefficient (Wildman–Crippen LogP) is 1.15. The standard InChI is InChI=1S/C13H19N3O4/c1-8-6-12(20-16-8)15-11(17)7-14-10-4-2-9(3-5-10)13(18)19/h6,9-10,14H,2-5,7H2,1H3,(H,15,17)(H,18,19). The van der Waals surface area contributed by atoms with E-state index in [1.165, 1.54) is 0 Å². The second-order valence-corrected chi connectivity index (χ2v) is 5.15. The van der Waals surface area contributed by atoms with Crippen LogP contribution in [-0.4, -0.2) is 34.7 Å². The summed E-state index contributed by atoms with van der Waals surface area (Å²) in [5.41, 5.74) is 0.709. The lowest BCUT2D eigenvalue weighted by molar-refractivity contribution is -0.143. The van der Waals surface area contributed by atoms with E-state index in [0.717, 1.165) is 12.8 Å². The van der Waals surface area contributed by atoms with Crippen LogP contribution in [0.1, 0.15) is 31.4 Å². The van der Waals surface area contributed by atoms with Gasteiger partial charge in [0.15, 0.2) is 0 Å². The number of aromatic nitrogens is 1. The van der Waals surface area contributed by atoms with Crippen molar-refractivity contribution in [3.05, 3.63) is 11.8 Å². The van der Waals surface area contributed by atoms with Crippen molar-refractivity contribution in [2.24, 2.45) is 5.92 Å². The van der Waals surface area contributed by atoms with E-state index in [-0.39, 0.29) is 24.4 Å². The molecule has 1 saturated carbocycles. The van der Waals surface area contributed by atoms with Gasteiger partial charge in [-0.3, -0.25) is 14.9 Å². The van der Waals surface area contributed by atoms with Gasteiger partial charge in [0.1, 0.15) is 0 Å². The molecule has 1 aromatic rings. The van der Waals surface area contributed by atoms with E-state index in [1.54, 1.807) is 13.0 Å². The van der Waals surface area contributed by atoms with Gasteiger partial charge >= 0.3 is 5.97 Å². The van der Waals surface area contributed by atoms with Crippen molar-refractivity contribution in [3.8, 4) is 0 Å². The Labute approximate surface area is 116 Å². The molecule has 0 aliphatic heterocycles. The maximum Gasteiger partial charge on any atom is 0.306 e. The lowest BCUT2D eigenvalue weighted by Crippen LogP contribution is -2.39. The average molecular weight is 281 g/mol. The first kappa shape index (κ1) is 14.5. The third-order valence-corrected chi connectivity index (χ3v) is 3.52. The number of carboxylic acids is 1. The fourth-order valence-electron chi connectivity index (χ4n) is 2.39. The summed E-state index contributed by atoms with van der Waals surface area (Å²) in [7, 11) is 0. The van der Waals surface area contributed by atoms with E-state index in [2.05, 4.69) is 15.8 Å². The van der Waals surface area contributed by atoms with Crippen LogP contribution in [0.4, 0.5) is 5.88 Å². The Hall–Kier alpha value is -1.89. The first-order valence-electron chi connectivity index (χ1n) is 6.74. The molecule has 110 valence electrons. The van der Waals surface area contributed by atoms with Crippen LogP contribution in [0.25, 0.3) is 0 Å². The summed E-state index contributed by atoms with van der Waals surface area (Å²) in [6, 6.07) is 1.85. The normalized spacial score (nSPS) is 22.4. The van der Waals surface area contributed by atoms with Gasteiger partial charge in [-0.25, -0.2) is 0 Å². The van der Waals surface area contributed by atoms with E-state index < -0.39 is 5.97 Å². The molecule has 1 aliphatic rings. The Kier molecular flexibility index (Phi) is 4.73. The summed E-state index contributed by atoms with van der Waals surface area (Å²) in [6.45, 7) is 1.96. The molecule has 0 saturated heterocycles. The zero-order valence-electron chi connectivity index (χ0n) is 11.4. The molecule has 2 rings (SSSR count). The monoisotopic (exact) mass is 281 g/mol. The lowest BCUT2D eigenvalue weighted by Gasteiger charge is -2.26. The largest absolute Gasteiger partial charge is 0.481 e. The third kappa shape index (κ3) is 4.06. The van der Waals surface area contributed by atoms with Crippen LogP contribution >= 0.6 is 0 Å². The molecule has 0 atom stereocenters. The molecule has 20 heavy (non-hydrogen) atoms. The Balaban J connectivity index is 1.68. The number of carbonyl (C=O) groups is 2. The number of nitrogens with one attached hydrogen (secondary N) is 2. The summed E-state index contributed by atoms with van der Waals surface area (Å²) in [4.78, 5) is 22.5. The minimum Gasteiger partial charge on any atom is -0.481 e. The minimum atomic E-state index is -0.720. The fraction of sp³-hybridized carbons (Fsp3) is 0.615. The van der Waals surface area contributed by atoms with Gasteiger partial charge in [-0.2, -0.15) is 0 Å². The Morgan fingerprint density at radius 2 is 2.10 bits per heavy atom. The number of hydrogen-bond acceptors (Lipinski definition) is 5. The molecular weight excluding hydrogens is 262 g/mol. The maximum absolute atomic E-state index is 11.7. The van der Waals surface area contributed by atoms with Gasteiger partial charge in [-0.05, 0) is 32.6 Å². The van der Waals surface area contributed by atoms with Gasteiger partial charge in [-0.1, -0.05) is 5.16 Å². The van der Waals surface area contributed by atoms with Gasteiger partial charge in [0.2, 0.25) is 11.8 Å². The summed E-state index contributed by atoms with van der Waals surface area (Å²) in [6.07, 6.45) is 2.89. The molecule has 7 nitrogen and oxygen atoms in total. The minimum absolute atomic E-state index is 0.183. The number of aliphatic carboxylic acids is 1. The van der Waals surface area contributed by atoms with Gasteiger partial charge in [0.05, 0.1) is 18.2 Å². The maximum atomic E-state index is 11.7. The van der Waals surface area contributed by atoms with E-state index >= 15 is 0 Å². The van der Waals surface area contributed by atoms with Crippen molar-refractivity contribution in [2.45, 2.75) is 38.6 Å². The molecule has 0 radical (unpaired) electrons. The van der Waals surface area contributed by atoms with Crippen LogP contribution in [-0.2, 0) is 9.59 Å². The smallest absolute Gasteiger partial charge is 0.306 e. The Morgan fingerprint density at radius 3 is 2.65 bits per heavy atom. The Morgan fingerprint density at radius 1 is 1.40 bits per heavy atom. The first-order chi connectivity index (χ1) is 9.54. The summed E-state index contributed by atoms with van der Waals surface area (Å²) < 4.78 is 4.89. The molecule has 0 aromatic carbocycles. The number of rotatable bonds is 5. The number of carbonyl (C=O) groups excluding carboxylic acids is 1. The first-order valence-corrected chi connectivity index (χ1v) is 6.74. The number of nitrogens with zero attached hydrogens (tertiary/aromatic N) is 1. The molecular formula is C13H19N3O4. The molecule has 1 fully saturated rings. The molecule has 1 amide bonds. The second kappa shape index (κ2) is 6.51. The van der Waals surface area contributed by atoms with Crippen LogP contribution in [0.2, 0.25) is 0 Å². The summed E-state index contributed by atoms with van der Waals surface area (Å²) in [5.74, 6) is -0.814. The van der Waals surface area contributed by atoms with Crippen molar-refractivity contribution in [1.29, 1.82) is 0 Å². The zero-order chi connectivity index (χ0) is 14.5. The molecule has 0 unspecified atom stereocenters. The average Bonchev–Trinajstić information content (AvgIpc) is 2.82. The number of amides is 1. The highest BCUT2D eigenvalue weighted by molar-refractivity contribution is 5.90. The van der Waals surface area contributed by atoms with Crippen molar-refractivity contribution in [1.82, 2.24) is 10.5 Å². The fourth-order valence-corrected chi connectivity index (χ4v) is 2.39. The highest BCUT2D eigenvalue weighted by atomic mass is 16.5. The van der Waals surface area contributed by atoms with Crippen LogP contribution in [0, 0.1) is 12.8 Å². The van der Waals surface area contributed by atoms with Crippen LogP contribution in [0.3, 0.4) is 0 Å². The highest BCUT2D eigenvalue weighted by Crippen LogP contribution is 2.24. The molecule has 0 bridgehead atoms. The molecule has 1 aliphatic carbocycles. The van der Waals surface area contributed by atoms with E-state index in [4.69, 9.17) is 9.63 Å².